The number of hydrogen-bond donors (Lipinski definition) is 1. The zero-order valence-electron chi connectivity index (χ0n) is 24.0. The minimum Gasteiger partial charge on any atom is -0.383 e. The summed E-state index contributed by atoms with van der Waals surface area (Å²) in [5.74, 6) is -2.53. The fourth-order valence-electron chi connectivity index (χ4n) is 4.75. The van der Waals surface area contributed by atoms with E-state index in [0.717, 1.165) is 50.0 Å². The van der Waals surface area contributed by atoms with Gasteiger partial charge in [0.15, 0.2) is 5.76 Å². The van der Waals surface area contributed by atoms with Crippen LogP contribution in [0.15, 0.2) is 84.6 Å². The lowest BCUT2D eigenvalue weighted by atomic mass is 9.94. The van der Waals surface area contributed by atoms with Crippen LogP contribution in [0.2, 0.25) is 5.02 Å². The summed E-state index contributed by atoms with van der Waals surface area (Å²) in [6.45, 7) is 0. The van der Waals surface area contributed by atoms with Crippen LogP contribution in [0.1, 0.15) is 17.2 Å². The summed E-state index contributed by atoms with van der Waals surface area (Å²) in [5.41, 5.74) is -1.47. The number of nitrogens with zero attached hydrogens (tertiary/aromatic N) is 4. The lowest BCUT2D eigenvalue weighted by molar-refractivity contribution is 0.220. The highest BCUT2D eigenvalue weighted by atomic mass is 35.5. The highest BCUT2D eigenvalue weighted by molar-refractivity contribution is 7.36. The molecule has 2 aromatic carbocycles. The molecule has 0 aliphatic heterocycles. The molecule has 0 aliphatic rings. The minimum absolute atomic E-state index is 0.00450. The largest absolute Gasteiger partial charge is 0.383 e. The third kappa shape index (κ3) is 5.56. The van der Waals surface area contributed by atoms with Gasteiger partial charge in [-0.15, -0.1) is 22.7 Å². The SMILES string of the molecule is Cn1c(=O)c2sc3c(=O)n(C)c(=O)c3sc2c1=O.OC(c1cccnc1)c1c(-c2ccc(Cl)cc2F)noc1-c1ccc(F)cc1F. The fourth-order valence-corrected chi connectivity index (χ4v) is 7.43. The van der Waals surface area contributed by atoms with Crippen molar-refractivity contribution >= 4 is 53.1 Å². The predicted molar refractivity (Wildman–Crippen MR) is 172 cm³/mol. The first-order chi connectivity index (χ1) is 22.4. The van der Waals surface area contributed by atoms with E-state index in [0.29, 0.717) is 11.6 Å². The van der Waals surface area contributed by atoms with Crippen LogP contribution in [0.4, 0.5) is 13.2 Å². The van der Waals surface area contributed by atoms with Crippen LogP contribution in [0.3, 0.4) is 0 Å². The average Bonchev–Trinajstić information content (AvgIpc) is 3.65. The van der Waals surface area contributed by atoms with Crippen LogP contribution in [-0.2, 0) is 14.1 Å². The van der Waals surface area contributed by atoms with Gasteiger partial charge >= 0.3 is 0 Å². The molecular weight excluding hydrogens is 681 g/mol. The molecule has 0 amide bonds. The van der Waals surface area contributed by atoms with Gasteiger partial charge in [-0.2, -0.15) is 0 Å². The summed E-state index contributed by atoms with van der Waals surface area (Å²) >= 11 is 7.65. The van der Waals surface area contributed by atoms with E-state index in [4.69, 9.17) is 16.1 Å². The number of benzene rings is 2. The molecule has 5 aromatic heterocycles. The molecule has 10 nitrogen and oxygen atoms in total. The van der Waals surface area contributed by atoms with E-state index < -0.39 is 45.8 Å². The molecule has 0 fully saturated rings. The van der Waals surface area contributed by atoms with E-state index in [1.54, 1.807) is 12.1 Å². The van der Waals surface area contributed by atoms with Crippen molar-refractivity contribution in [3.05, 3.63) is 136 Å². The smallest absolute Gasteiger partial charge is 0.272 e. The fraction of sp³-hybridized carbons (Fsp3) is 0.0968. The Morgan fingerprint density at radius 1 is 0.809 bits per heavy atom. The second-order valence-corrected chi connectivity index (χ2v) is 12.5. The second kappa shape index (κ2) is 12.3. The Labute approximate surface area is 273 Å². The number of hydrogen-bond acceptors (Lipinski definition) is 10. The summed E-state index contributed by atoms with van der Waals surface area (Å²) in [6, 6.07) is 10.00. The quantitative estimate of drug-likeness (QED) is 0.264. The molecule has 16 heteroatoms. The maximum absolute atomic E-state index is 14.5. The number of aliphatic hydroxyl groups excluding tert-OH is 1. The van der Waals surface area contributed by atoms with Gasteiger partial charge in [0.05, 0.1) is 11.1 Å². The molecule has 1 atom stereocenters. The minimum atomic E-state index is -1.36. The highest BCUT2D eigenvalue weighted by Crippen LogP contribution is 2.41. The van der Waals surface area contributed by atoms with Gasteiger partial charge in [-0.1, -0.05) is 22.8 Å². The van der Waals surface area contributed by atoms with Crippen molar-refractivity contribution in [2.45, 2.75) is 6.10 Å². The van der Waals surface area contributed by atoms with Crippen LogP contribution < -0.4 is 22.2 Å². The van der Waals surface area contributed by atoms with E-state index >= 15 is 0 Å². The monoisotopic (exact) mass is 698 g/mol. The molecule has 238 valence electrons. The maximum Gasteiger partial charge on any atom is 0.272 e. The number of halogens is 4. The molecule has 0 aliphatic carbocycles. The van der Waals surface area contributed by atoms with Crippen LogP contribution in [-0.4, -0.2) is 24.4 Å². The Balaban J connectivity index is 0.000000183. The highest BCUT2D eigenvalue weighted by Gasteiger charge is 2.29. The van der Waals surface area contributed by atoms with E-state index in [2.05, 4.69) is 10.1 Å². The van der Waals surface area contributed by atoms with Crippen LogP contribution in [0.25, 0.3) is 41.4 Å². The average molecular weight is 699 g/mol. The Morgan fingerprint density at radius 3 is 1.87 bits per heavy atom. The summed E-state index contributed by atoms with van der Waals surface area (Å²) in [7, 11) is 2.76. The number of fused-ring (bicyclic) bond motifs is 2. The molecule has 5 heterocycles. The Morgan fingerprint density at radius 2 is 1.36 bits per heavy atom. The molecule has 0 saturated carbocycles. The van der Waals surface area contributed by atoms with Crippen molar-refractivity contribution in [3.8, 4) is 22.6 Å². The van der Waals surface area contributed by atoms with Crippen LogP contribution in [0.5, 0.6) is 0 Å². The summed E-state index contributed by atoms with van der Waals surface area (Å²) in [6.07, 6.45) is 1.56. The molecule has 0 spiro atoms. The van der Waals surface area contributed by atoms with Crippen LogP contribution >= 0.6 is 34.3 Å². The Hall–Kier alpha value is -4.96. The first-order valence-corrected chi connectivity index (χ1v) is 15.4. The van der Waals surface area contributed by atoms with E-state index in [9.17, 15) is 37.5 Å². The number of aliphatic hydroxyl groups is 1. The second-order valence-electron chi connectivity index (χ2n) is 10.1. The molecular formula is C31H18ClF3N4O6S2. The van der Waals surface area contributed by atoms with Crippen molar-refractivity contribution in [1.82, 2.24) is 19.3 Å². The van der Waals surface area contributed by atoms with E-state index in [1.165, 1.54) is 38.6 Å². The summed E-state index contributed by atoms with van der Waals surface area (Å²) < 4.78 is 50.5. The maximum atomic E-state index is 14.5. The van der Waals surface area contributed by atoms with Crippen molar-refractivity contribution in [1.29, 1.82) is 0 Å². The van der Waals surface area contributed by atoms with Crippen molar-refractivity contribution in [3.63, 3.8) is 0 Å². The standard InChI is InChI=1S/C21H12ClF3N2O2.C10H6N2O4S2/c22-12-3-5-14(16(24)8-12)19-18(20(28)11-2-1-7-26-10-11)21(29-27-19)15-6-4-13(23)9-17(15)25;1-11-7(13)3-4(8(11)14)18-6-5(17-3)9(15)12(2)10(6)16/h1-10,20,28H;1-2H3. The van der Waals surface area contributed by atoms with Crippen molar-refractivity contribution in [2.75, 3.05) is 0 Å². The van der Waals surface area contributed by atoms with Gasteiger partial charge in [0.2, 0.25) is 0 Å². The number of pyridine rings is 1. The topological polar surface area (TPSA) is 137 Å². The molecule has 7 rings (SSSR count). The first-order valence-electron chi connectivity index (χ1n) is 13.4. The lowest BCUT2D eigenvalue weighted by Crippen LogP contribution is -2.21. The van der Waals surface area contributed by atoms with Gasteiger partial charge < -0.3 is 9.63 Å². The lowest BCUT2D eigenvalue weighted by Gasteiger charge is -2.13. The zero-order valence-corrected chi connectivity index (χ0v) is 26.3. The molecule has 0 radical (unpaired) electrons. The molecule has 1 N–H and O–H groups in total. The predicted octanol–water partition coefficient (Wildman–Crippen LogP) is 5.23. The van der Waals surface area contributed by atoms with Crippen LogP contribution in [0, 0.1) is 17.5 Å². The summed E-state index contributed by atoms with van der Waals surface area (Å²) in [4.78, 5) is 51.1. The van der Waals surface area contributed by atoms with Crippen molar-refractivity contribution < 1.29 is 22.8 Å². The van der Waals surface area contributed by atoms with Gasteiger partial charge in [-0.25, -0.2) is 13.2 Å². The Bertz CT molecular complexity index is 2340. The van der Waals surface area contributed by atoms with Gasteiger partial charge in [0.25, 0.3) is 22.2 Å². The molecule has 47 heavy (non-hydrogen) atoms. The normalized spacial score (nSPS) is 12.0. The first kappa shape index (κ1) is 32.0. The number of rotatable bonds is 4. The van der Waals surface area contributed by atoms with Gasteiger partial charge in [0, 0.05) is 48.7 Å². The van der Waals surface area contributed by atoms with Gasteiger partial charge in [-0.05, 0) is 36.4 Å². The molecule has 1 unspecified atom stereocenters. The number of aromatic nitrogens is 4. The van der Waals surface area contributed by atoms with E-state index in [1.807, 2.05) is 0 Å². The molecule has 0 bridgehead atoms. The molecule has 0 saturated heterocycles. The van der Waals surface area contributed by atoms with E-state index in [-0.39, 0.29) is 52.0 Å². The third-order valence-corrected chi connectivity index (χ3v) is 10.0. The van der Waals surface area contributed by atoms with Crippen molar-refractivity contribution in [2.24, 2.45) is 14.1 Å². The van der Waals surface area contributed by atoms with Gasteiger partial charge in [0.1, 0.15) is 48.0 Å². The summed E-state index contributed by atoms with van der Waals surface area (Å²) in [5, 5.41) is 15.0. The van der Waals surface area contributed by atoms with Gasteiger partial charge in [-0.3, -0.25) is 33.3 Å². The third-order valence-electron chi connectivity index (χ3n) is 7.18. The molecule has 7 aromatic rings. The zero-order chi connectivity index (χ0) is 33.7. The Kier molecular flexibility index (Phi) is 8.40.